The van der Waals surface area contributed by atoms with Crippen LogP contribution in [0.3, 0.4) is 0 Å². The van der Waals surface area contributed by atoms with Gasteiger partial charge in [-0.1, -0.05) is 17.3 Å². The van der Waals surface area contributed by atoms with Crippen molar-refractivity contribution in [2.45, 2.75) is 20.0 Å². The average molecular weight is 356 g/mol. The van der Waals surface area contributed by atoms with Crippen molar-refractivity contribution >= 4 is 11.7 Å². The van der Waals surface area contributed by atoms with Gasteiger partial charge in [-0.25, -0.2) is 10.3 Å². The van der Waals surface area contributed by atoms with Crippen molar-refractivity contribution in [3.63, 3.8) is 0 Å². The number of halogens is 3. The van der Waals surface area contributed by atoms with Gasteiger partial charge in [0, 0.05) is 11.3 Å². The Morgan fingerprint density at radius 2 is 2.12 bits per heavy atom. The molecule has 2 rings (SSSR count). The normalized spacial score (nSPS) is 11.2. The van der Waals surface area contributed by atoms with Crippen molar-refractivity contribution in [1.82, 2.24) is 15.6 Å². The lowest BCUT2D eigenvalue weighted by Crippen LogP contribution is -2.29. The lowest BCUT2D eigenvalue weighted by molar-refractivity contribution is -0.159. The van der Waals surface area contributed by atoms with Crippen molar-refractivity contribution in [2.75, 3.05) is 11.9 Å². The maximum absolute atomic E-state index is 12.5. The number of amides is 2. The van der Waals surface area contributed by atoms with Gasteiger partial charge in [0.15, 0.2) is 0 Å². The van der Waals surface area contributed by atoms with Gasteiger partial charge in [-0.3, -0.25) is 4.84 Å². The van der Waals surface area contributed by atoms with Crippen LogP contribution in [0.25, 0.3) is 11.4 Å². The summed E-state index contributed by atoms with van der Waals surface area (Å²) in [5.41, 5.74) is 4.27. The summed E-state index contributed by atoms with van der Waals surface area (Å²) >= 11 is 0. The second-order valence-electron chi connectivity index (χ2n) is 5.25. The Bertz CT molecular complexity index is 787. The van der Waals surface area contributed by atoms with Crippen LogP contribution in [0, 0.1) is 6.92 Å². The summed E-state index contributed by atoms with van der Waals surface area (Å²) in [6, 6.07) is 3.89. The zero-order valence-corrected chi connectivity index (χ0v) is 13.4. The summed E-state index contributed by atoms with van der Waals surface area (Å²) < 4.78 is 41.7. The van der Waals surface area contributed by atoms with Gasteiger partial charge in [-0.15, -0.1) is 0 Å². The highest BCUT2D eigenvalue weighted by molar-refractivity contribution is 5.89. The van der Waals surface area contributed by atoms with E-state index in [2.05, 4.69) is 32.0 Å². The largest absolute Gasteiger partial charge is 0.471 e. The van der Waals surface area contributed by atoms with Crippen LogP contribution in [0.5, 0.6) is 0 Å². The van der Waals surface area contributed by atoms with Crippen molar-refractivity contribution in [1.29, 1.82) is 0 Å². The molecule has 7 nitrogen and oxygen atoms in total. The second-order valence-corrected chi connectivity index (χ2v) is 5.25. The molecule has 0 aliphatic rings. The van der Waals surface area contributed by atoms with Crippen LogP contribution in [-0.4, -0.2) is 22.8 Å². The van der Waals surface area contributed by atoms with Gasteiger partial charge in [0.1, 0.15) is 0 Å². The topological polar surface area (TPSA) is 89.3 Å². The number of carbonyl (C=O) groups is 1. The molecule has 2 aromatic rings. The van der Waals surface area contributed by atoms with Crippen LogP contribution < -0.4 is 10.8 Å². The molecule has 1 aromatic carbocycles. The minimum atomic E-state index is -4.70. The first kappa shape index (κ1) is 18.5. The predicted octanol–water partition coefficient (Wildman–Crippen LogP) is 3.69. The number of hydrogen-bond donors (Lipinski definition) is 2. The molecular formula is C15H15F3N4O3. The third-order valence-electron chi connectivity index (χ3n) is 2.88. The van der Waals surface area contributed by atoms with Crippen LogP contribution in [0.2, 0.25) is 0 Å². The Labute approximate surface area is 140 Å². The monoisotopic (exact) mass is 356 g/mol. The van der Waals surface area contributed by atoms with E-state index in [4.69, 9.17) is 4.84 Å². The fourth-order valence-electron chi connectivity index (χ4n) is 1.77. The van der Waals surface area contributed by atoms with Crippen LogP contribution in [-0.2, 0) is 11.0 Å². The minimum absolute atomic E-state index is 0.171. The van der Waals surface area contributed by atoms with Crippen LogP contribution >= 0.6 is 0 Å². The Kier molecular flexibility index (Phi) is 5.42. The molecular weight excluding hydrogens is 341 g/mol. The van der Waals surface area contributed by atoms with Gasteiger partial charge < -0.3 is 9.84 Å². The van der Waals surface area contributed by atoms with Gasteiger partial charge in [-0.2, -0.15) is 18.2 Å². The number of alkyl halides is 3. The average Bonchev–Trinajstić information content (AvgIpc) is 2.99. The summed E-state index contributed by atoms with van der Waals surface area (Å²) in [6.45, 7) is 7.20. The van der Waals surface area contributed by atoms with E-state index in [-0.39, 0.29) is 12.4 Å². The number of aromatic nitrogens is 2. The van der Waals surface area contributed by atoms with E-state index in [9.17, 15) is 18.0 Å². The number of carbonyl (C=O) groups excluding carboxylic acids is 1. The molecule has 2 amide bonds. The number of nitrogens with one attached hydrogen (secondary N) is 2. The van der Waals surface area contributed by atoms with Gasteiger partial charge in [0.05, 0.1) is 6.61 Å². The highest BCUT2D eigenvalue weighted by atomic mass is 19.4. The molecule has 0 bridgehead atoms. The van der Waals surface area contributed by atoms with E-state index < -0.39 is 18.1 Å². The number of urea groups is 1. The summed E-state index contributed by atoms with van der Waals surface area (Å²) in [6.07, 6.45) is -4.70. The molecule has 0 atom stereocenters. The number of nitrogens with zero attached hydrogens (tertiary/aromatic N) is 2. The predicted molar refractivity (Wildman–Crippen MR) is 82.4 cm³/mol. The Balaban J connectivity index is 2.06. The third-order valence-corrected chi connectivity index (χ3v) is 2.88. The SMILES string of the molecule is C=C(C)CONC(=O)Nc1ccc(-c2noc(C(F)(F)F)n2)cc1C. The van der Waals surface area contributed by atoms with Gasteiger partial charge in [0.2, 0.25) is 5.82 Å². The molecule has 134 valence electrons. The first-order valence-corrected chi connectivity index (χ1v) is 7.02. The zero-order valence-electron chi connectivity index (χ0n) is 13.4. The fourth-order valence-corrected chi connectivity index (χ4v) is 1.77. The summed E-state index contributed by atoms with van der Waals surface area (Å²) in [5, 5.41) is 5.85. The lowest BCUT2D eigenvalue weighted by atomic mass is 10.1. The number of benzene rings is 1. The molecule has 1 aromatic heterocycles. The molecule has 10 heteroatoms. The minimum Gasteiger partial charge on any atom is -0.329 e. The van der Waals surface area contributed by atoms with Crippen LogP contribution in [0.15, 0.2) is 34.9 Å². The van der Waals surface area contributed by atoms with Crippen LogP contribution in [0.1, 0.15) is 18.4 Å². The van der Waals surface area contributed by atoms with E-state index in [1.807, 2.05) is 0 Å². The second kappa shape index (κ2) is 7.34. The van der Waals surface area contributed by atoms with E-state index >= 15 is 0 Å². The van der Waals surface area contributed by atoms with Gasteiger partial charge in [0.25, 0.3) is 0 Å². The maximum Gasteiger partial charge on any atom is 0.471 e. The zero-order chi connectivity index (χ0) is 18.6. The first-order chi connectivity index (χ1) is 11.7. The number of hydrogen-bond acceptors (Lipinski definition) is 5. The Hall–Kier alpha value is -2.88. The van der Waals surface area contributed by atoms with Crippen molar-refractivity contribution < 1.29 is 27.3 Å². The fraction of sp³-hybridized carbons (Fsp3) is 0.267. The molecule has 2 N–H and O–H groups in total. The highest BCUT2D eigenvalue weighted by Gasteiger charge is 2.38. The molecule has 0 saturated carbocycles. The van der Waals surface area contributed by atoms with Crippen molar-refractivity contribution in [2.24, 2.45) is 0 Å². The first-order valence-electron chi connectivity index (χ1n) is 7.02. The molecule has 0 spiro atoms. The summed E-state index contributed by atoms with van der Waals surface area (Å²) in [4.78, 5) is 19.9. The summed E-state index contributed by atoms with van der Waals surface area (Å²) in [7, 11) is 0. The number of hydroxylamine groups is 1. The van der Waals surface area contributed by atoms with E-state index in [0.29, 0.717) is 16.8 Å². The van der Waals surface area contributed by atoms with Crippen LogP contribution in [0.4, 0.5) is 23.7 Å². The Morgan fingerprint density at radius 1 is 1.40 bits per heavy atom. The molecule has 0 unspecified atom stereocenters. The Morgan fingerprint density at radius 3 is 2.68 bits per heavy atom. The molecule has 0 aliphatic heterocycles. The van der Waals surface area contributed by atoms with E-state index in [0.717, 1.165) is 5.57 Å². The third kappa shape index (κ3) is 5.05. The van der Waals surface area contributed by atoms with Gasteiger partial charge >= 0.3 is 18.1 Å². The molecule has 0 radical (unpaired) electrons. The molecule has 0 saturated heterocycles. The maximum atomic E-state index is 12.5. The highest BCUT2D eigenvalue weighted by Crippen LogP contribution is 2.30. The number of rotatable bonds is 5. The lowest BCUT2D eigenvalue weighted by Gasteiger charge is -2.10. The quantitative estimate of drug-likeness (QED) is 0.630. The number of aryl methyl sites for hydroxylation is 1. The van der Waals surface area contributed by atoms with E-state index in [1.54, 1.807) is 13.8 Å². The van der Waals surface area contributed by atoms with Crippen molar-refractivity contribution in [3.05, 3.63) is 41.8 Å². The molecule has 25 heavy (non-hydrogen) atoms. The standard InChI is InChI=1S/C15H15F3N4O3/c1-8(2)7-24-22-14(23)19-11-5-4-10(6-9(11)3)12-20-13(25-21-12)15(16,17)18/h4-6H,1,7H2,2-3H3,(H2,19,22,23). The smallest absolute Gasteiger partial charge is 0.329 e. The molecule has 1 heterocycles. The van der Waals surface area contributed by atoms with Gasteiger partial charge in [-0.05, 0) is 37.6 Å². The summed E-state index contributed by atoms with van der Waals surface area (Å²) in [5.74, 6) is -1.62. The number of anilines is 1. The molecule has 0 fully saturated rings. The van der Waals surface area contributed by atoms with E-state index in [1.165, 1.54) is 18.2 Å². The molecule has 0 aliphatic carbocycles. The van der Waals surface area contributed by atoms with Crippen molar-refractivity contribution in [3.8, 4) is 11.4 Å².